The Labute approximate surface area is 208 Å². The predicted octanol–water partition coefficient (Wildman–Crippen LogP) is 4.14. The number of ether oxygens (including phenoxy) is 1. The Morgan fingerprint density at radius 2 is 2.14 bits per heavy atom. The van der Waals surface area contributed by atoms with Crippen molar-refractivity contribution in [2.45, 2.75) is 45.6 Å². The number of nitrogens with zero attached hydrogens (tertiary/aromatic N) is 6. The second-order valence-electron chi connectivity index (χ2n) is 8.59. The number of rotatable bonds is 9. The first-order chi connectivity index (χ1) is 17.6. The van der Waals surface area contributed by atoms with Crippen molar-refractivity contribution in [3.8, 4) is 11.4 Å². The molecule has 186 valence electrons. The molecule has 0 amide bonds. The summed E-state index contributed by atoms with van der Waals surface area (Å²) in [6.07, 6.45) is 4.25. The lowest BCUT2D eigenvalue weighted by molar-refractivity contribution is -0.143. The Morgan fingerprint density at radius 3 is 2.92 bits per heavy atom. The first kappa shape index (κ1) is 23.5. The molecule has 1 fully saturated rings. The van der Waals surface area contributed by atoms with E-state index in [0.29, 0.717) is 36.3 Å². The molecule has 2 N–H and O–H groups in total. The molecule has 4 aromatic heterocycles. The normalized spacial score (nSPS) is 15.3. The molecule has 5 rings (SSSR count). The lowest BCUT2D eigenvalue weighted by atomic mass is 10.1. The second-order valence-corrected chi connectivity index (χ2v) is 8.59. The maximum absolute atomic E-state index is 12.0. The van der Waals surface area contributed by atoms with Gasteiger partial charge in [0, 0.05) is 48.7 Å². The standard InChI is InChI=1S/C25H28N8O3/c1-3-35-24(34)10-9-17-14-22(28-23-13-16(2)30-31-23)29-25(27-17)33-12-6-8-20(33)21-15-19(32-36-21)18-7-4-5-11-26-18/h4-5,7,11,13-15,20H,3,6,8-10,12H2,1-2H3,(H2,27,28,29,30,31)/t20-/m0/s1. The predicted molar refractivity (Wildman–Crippen MR) is 133 cm³/mol. The van der Waals surface area contributed by atoms with E-state index >= 15 is 0 Å². The van der Waals surface area contributed by atoms with Crippen LogP contribution in [-0.2, 0) is 16.0 Å². The number of aromatic nitrogens is 6. The number of hydrogen-bond acceptors (Lipinski definition) is 10. The summed E-state index contributed by atoms with van der Waals surface area (Å²) in [4.78, 5) is 28.0. The van der Waals surface area contributed by atoms with E-state index in [1.165, 1.54) is 0 Å². The minimum atomic E-state index is -0.252. The molecule has 0 bridgehead atoms. The van der Waals surface area contributed by atoms with Crippen molar-refractivity contribution in [2.24, 2.45) is 0 Å². The Bertz CT molecular complexity index is 1320. The maximum atomic E-state index is 12.0. The largest absolute Gasteiger partial charge is 0.466 e. The van der Waals surface area contributed by atoms with Gasteiger partial charge in [-0.2, -0.15) is 10.1 Å². The van der Waals surface area contributed by atoms with Gasteiger partial charge in [-0.3, -0.25) is 14.9 Å². The third-order valence-corrected chi connectivity index (χ3v) is 5.91. The highest BCUT2D eigenvalue weighted by atomic mass is 16.5. The topological polar surface area (TPSA) is 135 Å². The highest BCUT2D eigenvalue weighted by Gasteiger charge is 2.32. The van der Waals surface area contributed by atoms with Crippen molar-refractivity contribution in [1.29, 1.82) is 0 Å². The van der Waals surface area contributed by atoms with Gasteiger partial charge in [0.1, 0.15) is 11.5 Å². The van der Waals surface area contributed by atoms with Crippen LogP contribution in [0, 0.1) is 6.92 Å². The van der Waals surface area contributed by atoms with Gasteiger partial charge in [-0.25, -0.2) is 4.98 Å². The van der Waals surface area contributed by atoms with Crippen molar-refractivity contribution in [2.75, 3.05) is 23.4 Å². The molecule has 5 heterocycles. The minimum absolute atomic E-state index is 0.0595. The van der Waals surface area contributed by atoms with Crippen molar-refractivity contribution in [1.82, 2.24) is 30.3 Å². The van der Waals surface area contributed by atoms with E-state index in [1.54, 1.807) is 13.1 Å². The number of H-pyrrole nitrogens is 1. The molecule has 1 aliphatic heterocycles. The number of aromatic amines is 1. The van der Waals surface area contributed by atoms with E-state index in [0.717, 1.165) is 42.2 Å². The summed E-state index contributed by atoms with van der Waals surface area (Å²) in [5.74, 6) is 2.30. The highest BCUT2D eigenvalue weighted by molar-refractivity contribution is 5.69. The fourth-order valence-corrected chi connectivity index (χ4v) is 4.26. The fourth-order valence-electron chi connectivity index (χ4n) is 4.26. The van der Waals surface area contributed by atoms with Gasteiger partial charge in [0.25, 0.3) is 0 Å². The average Bonchev–Trinajstić information content (AvgIpc) is 3.64. The van der Waals surface area contributed by atoms with Crippen LogP contribution in [0.15, 0.2) is 47.1 Å². The summed E-state index contributed by atoms with van der Waals surface area (Å²) in [5.41, 5.74) is 3.12. The molecule has 11 heteroatoms. The molecule has 0 saturated carbocycles. The smallest absolute Gasteiger partial charge is 0.306 e. The third-order valence-electron chi connectivity index (χ3n) is 5.91. The number of aryl methyl sites for hydroxylation is 2. The van der Waals surface area contributed by atoms with Gasteiger partial charge in [0.15, 0.2) is 11.6 Å². The number of esters is 1. The van der Waals surface area contributed by atoms with E-state index in [1.807, 2.05) is 43.3 Å². The van der Waals surface area contributed by atoms with Gasteiger partial charge < -0.3 is 19.5 Å². The van der Waals surface area contributed by atoms with Crippen LogP contribution >= 0.6 is 0 Å². The van der Waals surface area contributed by atoms with Crippen LogP contribution < -0.4 is 10.2 Å². The average molecular weight is 489 g/mol. The van der Waals surface area contributed by atoms with Crippen LogP contribution in [0.1, 0.15) is 49.4 Å². The van der Waals surface area contributed by atoms with Crippen molar-refractivity contribution < 1.29 is 14.1 Å². The molecular weight excluding hydrogens is 460 g/mol. The number of pyridine rings is 1. The van der Waals surface area contributed by atoms with Crippen LogP contribution in [0.2, 0.25) is 0 Å². The Hall–Kier alpha value is -4.28. The molecular formula is C25H28N8O3. The molecule has 0 spiro atoms. The molecule has 0 aromatic carbocycles. The summed E-state index contributed by atoms with van der Waals surface area (Å²) in [6.45, 7) is 4.85. The molecule has 0 unspecified atom stereocenters. The summed E-state index contributed by atoms with van der Waals surface area (Å²) in [6, 6.07) is 11.3. The number of carbonyl (C=O) groups is 1. The first-order valence-electron chi connectivity index (χ1n) is 12.1. The van der Waals surface area contributed by atoms with Crippen molar-refractivity contribution in [3.63, 3.8) is 0 Å². The third kappa shape index (κ3) is 5.35. The lowest BCUT2D eigenvalue weighted by Gasteiger charge is -2.23. The maximum Gasteiger partial charge on any atom is 0.306 e. The monoisotopic (exact) mass is 488 g/mol. The lowest BCUT2D eigenvalue weighted by Crippen LogP contribution is -2.25. The number of nitrogens with one attached hydrogen (secondary N) is 2. The van der Waals surface area contributed by atoms with Crippen molar-refractivity contribution in [3.05, 3.63) is 59.7 Å². The zero-order valence-electron chi connectivity index (χ0n) is 20.3. The quantitative estimate of drug-likeness (QED) is 0.331. The van der Waals surface area contributed by atoms with E-state index in [9.17, 15) is 4.79 Å². The van der Waals surface area contributed by atoms with E-state index in [4.69, 9.17) is 19.2 Å². The molecule has 0 radical (unpaired) electrons. The summed E-state index contributed by atoms with van der Waals surface area (Å²) < 4.78 is 10.8. The van der Waals surface area contributed by atoms with Crippen LogP contribution in [0.4, 0.5) is 17.6 Å². The Balaban J connectivity index is 1.42. The number of hydrogen-bond donors (Lipinski definition) is 2. The second kappa shape index (κ2) is 10.5. The molecule has 36 heavy (non-hydrogen) atoms. The molecule has 0 aliphatic carbocycles. The van der Waals surface area contributed by atoms with E-state index in [-0.39, 0.29) is 18.4 Å². The molecule has 1 atom stereocenters. The van der Waals surface area contributed by atoms with Gasteiger partial charge in [0.05, 0.1) is 24.8 Å². The summed E-state index contributed by atoms with van der Waals surface area (Å²) in [5, 5.41) is 14.6. The Kier molecular flexibility index (Phi) is 6.87. The summed E-state index contributed by atoms with van der Waals surface area (Å²) >= 11 is 0. The van der Waals surface area contributed by atoms with Gasteiger partial charge in [-0.1, -0.05) is 11.2 Å². The van der Waals surface area contributed by atoms with Crippen LogP contribution in [0.25, 0.3) is 11.4 Å². The van der Waals surface area contributed by atoms with E-state index in [2.05, 4.69) is 30.6 Å². The zero-order valence-corrected chi connectivity index (χ0v) is 20.3. The van der Waals surface area contributed by atoms with Gasteiger partial charge in [-0.15, -0.1) is 0 Å². The molecule has 4 aromatic rings. The SMILES string of the molecule is CCOC(=O)CCc1cc(Nc2cc(C)[nH]n2)nc(N2CCC[C@H]2c2cc(-c3ccccn3)no2)n1. The highest BCUT2D eigenvalue weighted by Crippen LogP contribution is 2.36. The first-order valence-corrected chi connectivity index (χ1v) is 12.1. The van der Waals surface area contributed by atoms with E-state index < -0.39 is 0 Å². The van der Waals surface area contributed by atoms with Crippen LogP contribution in [0.5, 0.6) is 0 Å². The fraction of sp³-hybridized carbons (Fsp3) is 0.360. The molecule has 11 nitrogen and oxygen atoms in total. The van der Waals surface area contributed by atoms with Gasteiger partial charge in [0.2, 0.25) is 5.95 Å². The number of carbonyl (C=O) groups excluding carboxylic acids is 1. The van der Waals surface area contributed by atoms with Gasteiger partial charge in [-0.05, 0) is 38.8 Å². The van der Waals surface area contributed by atoms with Gasteiger partial charge >= 0.3 is 5.97 Å². The summed E-state index contributed by atoms with van der Waals surface area (Å²) in [7, 11) is 0. The van der Waals surface area contributed by atoms with Crippen molar-refractivity contribution >= 4 is 23.6 Å². The van der Waals surface area contributed by atoms with Crippen LogP contribution in [-0.4, -0.2) is 49.4 Å². The molecule has 1 aliphatic rings. The van der Waals surface area contributed by atoms with Crippen LogP contribution in [0.3, 0.4) is 0 Å². The molecule has 1 saturated heterocycles. The number of anilines is 3. The zero-order chi connectivity index (χ0) is 24.9. The minimum Gasteiger partial charge on any atom is -0.466 e. The Morgan fingerprint density at radius 1 is 1.22 bits per heavy atom.